The van der Waals surface area contributed by atoms with Crippen molar-refractivity contribution in [1.29, 1.82) is 0 Å². The van der Waals surface area contributed by atoms with Gasteiger partial charge in [-0.05, 0) is 5.92 Å². The molecule has 0 saturated carbocycles. The Morgan fingerprint density at radius 2 is 1.95 bits per heavy atom. The first-order chi connectivity index (χ1) is 9.61. The highest BCUT2D eigenvalue weighted by molar-refractivity contribution is 5.78. The summed E-state index contributed by atoms with van der Waals surface area (Å²) in [6, 6.07) is 0. The van der Waals surface area contributed by atoms with Crippen molar-refractivity contribution in [1.82, 2.24) is 19.7 Å². The Kier molecular flexibility index (Phi) is 3.82. The highest BCUT2D eigenvalue weighted by atomic mass is 16.1. The molecule has 6 heteroatoms. The Morgan fingerprint density at radius 1 is 1.33 bits per heavy atom. The van der Waals surface area contributed by atoms with Crippen molar-refractivity contribution in [2.24, 2.45) is 13.0 Å². The lowest BCUT2D eigenvalue weighted by atomic mass is 9.91. The number of rotatable bonds is 3. The summed E-state index contributed by atoms with van der Waals surface area (Å²) in [5.74, 6) is 1.09. The van der Waals surface area contributed by atoms with Gasteiger partial charge in [-0.25, -0.2) is 4.98 Å². The molecule has 0 atom stereocenters. The monoisotopic (exact) mass is 291 g/mol. The van der Waals surface area contributed by atoms with E-state index in [1.807, 2.05) is 11.9 Å². The van der Waals surface area contributed by atoms with Crippen LogP contribution in [-0.2, 0) is 12.5 Å². The topological polar surface area (TPSA) is 66.8 Å². The average molecular weight is 291 g/mol. The molecule has 116 valence electrons. The lowest BCUT2D eigenvalue weighted by molar-refractivity contribution is 0.557. The van der Waals surface area contributed by atoms with Crippen LogP contribution in [0.2, 0.25) is 0 Å². The Morgan fingerprint density at radius 3 is 2.48 bits per heavy atom. The molecule has 0 aliphatic heterocycles. The van der Waals surface area contributed by atoms with Gasteiger partial charge in [-0.1, -0.05) is 34.6 Å². The van der Waals surface area contributed by atoms with Crippen molar-refractivity contribution in [3.63, 3.8) is 0 Å². The normalized spacial score (nSPS) is 12.4. The molecule has 2 heterocycles. The number of H-pyrrole nitrogens is 1. The van der Waals surface area contributed by atoms with Crippen LogP contribution in [-0.4, -0.2) is 33.3 Å². The maximum atomic E-state index is 12.4. The van der Waals surface area contributed by atoms with E-state index < -0.39 is 0 Å². The minimum absolute atomic E-state index is 0.142. The van der Waals surface area contributed by atoms with Crippen molar-refractivity contribution < 1.29 is 0 Å². The third-order valence-electron chi connectivity index (χ3n) is 3.39. The molecule has 2 aromatic heterocycles. The van der Waals surface area contributed by atoms with Crippen LogP contribution in [0.15, 0.2) is 4.79 Å². The van der Waals surface area contributed by atoms with E-state index in [0.29, 0.717) is 22.9 Å². The molecule has 0 aliphatic rings. The summed E-state index contributed by atoms with van der Waals surface area (Å²) in [4.78, 5) is 21.9. The number of fused-ring (bicyclic) bond motifs is 1. The van der Waals surface area contributed by atoms with Gasteiger partial charge in [0, 0.05) is 26.1 Å². The maximum absolute atomic E-state index is 12.4. The van der Waals surface area contributed by atoms with Gasteiger partial charge < -0.3 is 4.90 Å². The van der Waals surface area contributed by atoms with Gasteiger partial charge in [0.1, 0.15) is 5.52 Å². The fraction of sp³-hybridized carbons (Fsp3) is 0.667. The van der Waals surface area contributed by atoms with Gasteiger partial charge in [-0.2, -0.15) is 5.10 Å². The summed E-state index contributed by atoms with van der Waals surface area (Å²) < 4.78 is 1.62. The predicted molar refractivity (Wildman–Crippen MR) is 85.9 cm³/mol. The summed E-state index contributed by atoms with van der Waals surface area (Å²) in [6.45, 7) is 11.3. The molecule has 2 aromatic rings. The fourth-order valence-corrected chi connectivity index (χ4v) is 2.49. The van der Waals surface area contributed by atoms with Crippen molar-refractivity contribution >= 4 is 17.0 Å². The zero-order valence-corrected chi connectivity index (χ0v) is 14.0. The lowest BCUT2D eigenvalue weighted by Gasteiger charge is -2.20. The standard InChI is InChI=1S/C15H25N5O/c1-9(2)8-19(6)14-16-10-11(13(21)17-14)20(7)18-12(10)15(3,4)5/h9H,8H2,1-7H3,(H,16,17,21). The molecule has 0 radical (unpaired) electrons. The molecular formula is C15H25N5O. The van der Waals surface area contributed by atoms with Crippen molar-refractivity contribution in [3.8, 4) is 0 Å². The predicted octanol–water partition coefficient (Wildman–Crippen LogP) is 2.05. The third-order valence-corrected chi connectivity index (χ3v) is 3.39. The van der Waals surface area contributed by atoms with Crippen LogP contribution < -0.4 is 10.5 Å². The highest BCUT2D eigenvalue weighted by Crippen LogP contribution is 2.26. The van der Waals surface area contributed by atoms with Crippen molar-refractivity contribution in [2.75, 3.05) is 18.5 Å². The maximum Gasteiger partial charge on any atom is 0.278 e. The van der Waals surface area contributed by atoms with E-state index in [9.17, 15) is 4.79 Å². The molecule has 2 rings (SSSR count). The first kappa shape index (κ1) is 15.5. The molecule has 0 aromatic carbocycles. The minimum atomic E-state index is -0.159. The second-order valence-electron chi connectivity index (χ2n) is 7.08. The van der Waals surface area contributed by atoms with E-state index in [0.717, 1.165) is 12.2 Å². The zero-order valence-electron chi connectivity index (χ0n) is 14.0. The number of nitrogens with zero attached hydrogens (tertiary/aromatic N) is 4. The van der Waals surface area contributed by atoms with Crippen LogP contribution in [0.5, 0.6) is 0 Å². The second kappa shape index (κ2) is 5.16. The van der Waals surface area contributed by atoms with E-state index >= 15 is 0 Å². The number of nitrogens with one attached hydrogen (secondary N) is 1. The largest absolute Gasteiger partial charge is 0.345 e. The summed E-state index contributed by atoms with van der Waals surface area (Å²) in [6.07, 6.45) is 0. The summed E-state index contributed by atoms with van der Waals surface area (Å²) in [7, 11) is 3.73. The Labute approximate surface area is 125 Å². The number of hydrogen-bond acceptors (Lipinski definition) is 4. The Hall–Kier alpha value is -1.85. The van der Waals surface area contributed by atoms with Gasteiger partial charge in [0.25, 0.3) is 5.56 Å². The molecule has 0 bridgehead atoms. The Bertz CT molecular complexity index is 705. The zero-order chi connectivity index (χ0) is 15.9. The summed E-state index contributed by atoms with van der Waals surface area (Å²) in [5, 5.41) is 4.50. The van der Waals surface area contributed by atoms with Gasteiger partial charge in [0.2, 0.25) is 5.95 Å². The van der Waals surface area contributed by atoms with Crippen molar-refractivity contribution in [3.05, 3.63) is 16.0 Å². The molecule has 6 nitrogen and oxygen atoms in total. The molecule has 0 spiro atoms. The summed E-state index contributed by atoms with van der Waals surface area (Å²) in [5.41, 5.74) is 1.77. The quantitative estimate of drug-likeness (QED) is 0.940. The van der Waals surface area contributed by atoms with Gasteiger partial charge in [0.05, 0.1) is 5.69 Å². The van der Waals surface area contributed by atoms with Crippen LogP contribution in [0, 0.1) is 5.92 Å². The first-order valence-electron chi connectivity index (χ1n) is 7.30. The first-order valence-corrected chi connectivity index (χ1v) is 7.30. The van der Waals surface area contributed by atoms with Crippen molar-refractivity contribution in [2.45, 2.75) is 40.0 Å². The van der Waals surface area contributed by atoms with Gasteiger partial charge in [-0.3, -0.25) is 14.5 Å². The molecule has 21 heavy (non-hydrogen) atoms. The van der Waals surface area contributed by atoms with Gasteiger partial charge in [0.15, 0.2) is 5.52 Å². The van der Waals surface area contributed by atoms with Crippen LogP contribution in [0.3, 0.4) is 0 Å². The Balaban J connectivity index is 2.66. The SMILES string of the molecule is CC(C)CN(C)c1nc2c(C(C)(C)C)nn(C)c2c(=O)[nH]1. The molecule has 1 N–H and O–H groups in total. The van der Waals surface area contributed by atoms with Crippen LogP contribution in [0.4, 0.5) is 5.95 Å². The fourth-order valence-electron chi connectivity index (χ4n) is 2.49. The van der Waals surface area contributed by atoms with Crippen LogP contribution in [0.1, 0.15) is 40.3 Å². The number of aromatic amines is 1. The molecular weight excluding hydrogens is 266 g/mol. The van der Waals surface area contributed by atoms with E-state index in [4.69, 9.17) is 0 Å². The third kappa shape index (κ3) is 2.94. The number of aryl methyl sites for hydroxylation is 1. The molecule has 0 saturated heterocycles. The number of hydrogen-bond donors (Lipinski definition) is 1. The van der Waals surface area contributed by atoms with E-state index in [1.165, 1.54) is 0 Å². The highest BCUT2D eigenvalue weighted by Gasteiger charge is 2.25. The summed E-state index contributed by atoms with van der Waals surface area (Å²) >= 11 is 0. The van der Waals surface area contributed by atoms with Crippen LogP contribution >= 0.6 is 0 Å². The minimum Gasteiger partial charge on any atom is -0.345 e. The number of aromatic nitrogens is 4. The lowest BCUT2D eigenvalue weighted by Crippen LogP contribution is -2.27. The van der Waals surface area contributed by atoms with Gasteiger partial charge >= 0.3 is 0 Å². The second-order valence-corrected chi connectivity index (χ2v) is 7.08. The van der Waals surface area contributed by atoms with E-state index in [1.54, 1.807) is 11.7 Å². The van der Waals surface area contributed by atoms with Gasteiger partial charge in [-0.15, -0.1) is 0 Å². The van der Waals surface area contributed by atoms with E-state index in [-0.39, 0.29) is 11.0 Å². The molecule has 0 fully saturated rings. The molecule has 0 aliphatic carbocycles. The number of anilines is 1. The van der Waals surface area contributed by atoms with E-state index in [2.05, 4.69) is 49.7 Å². The molecule has 0 unspecified atom stereocenters. The average Bonchev–Trinajstić information content (AvgIpc) is 2.66. The van der Waals surface area contributed by atoms with Crippen LogP contribution in [0.25, 0.3) is 11.0 Å². The molecule has 0 amide bonds. The smallest absolute Gasteiger partial charge is 0.278 e.